The van der Waals surface area contributed by atoms with Crippen LogP contribution in [0.4, 0.5) is 11.4 Å². The lowest BCUT2D eigenvalue weighted by Crippen LogP contribution is -2.30. The van der Waals surface area contributed by atoms with E-state index in [9.17, 15) is 15.2 Å². The Kier molecular flexibility index (Phi) is 5.60. The number of likely N-dealkylation sites (N-methyl/N-ethyl adjacent to an activating group) is 1. The summed E-state index contributed by atoms with van der Waals surface area (Å²) in [5.74, 6) is 0.0107. The van der Waals surface area contributed by atoms with Gasteiger partial charge in [0.1, 0.15) is 23.2 Å². The van der Waals surface area contributed by atoms with Crippen molar-refractivity contribution in [1.82, 2.24) is 14.9 Å². The van der Waals surface area contributed by atoms with Crippen LogP contribution in [0.2, 0.25) is 0 Å². The Morgan fingerprint density at radius 1 is 1.29 bits per heavy atom. The zero-order valence-electron chi connectivity index (χ0n) is 18.9. The van der Waals surface area contributed by atoms with Crippen molar-refractivity contribution < 1.29 is 9.90 Å². The Labute approximate surface area is 201 Å². The monoisotopic (exact) mass is 476 g/mol. The summed E-state index contributed by atoms with van der Waals surface area (Å²) in [4.78, 5) is 23.5. The van der Waals surface area contributed by atoms with E-state index < -0.39 is 0 Å². The molecule has 0 bridgehead atoms. The van der Waals surface area contributed by atoms with Crippen molar-refractivity contribution in [2.75, 3.05) is 49.8 Å². The SMILES string of the molecule is CN(C)CCNc1ccc2cc(C(=O)N3CC(CCl)c4c3cc(O)c3[nH]c(C#N)cc43)[nH]c2c1. The van der Waals surface area contributed by atoms with Crippen LogP contribution in [-0.2, 0) is 0 Å². The van der Waals surface area contributed by atoms with Crippen LogP contribution in [0.1, 0.15) is 27.7 Å². The number of nitrogens with one attached hydrogen (secondary N) is 3. The molecule has 8 nitrogen and oxygen atoms in total. The summed E-state index contributed by atoms with van der Waals surface area (Å²) in [6, 6.07) is 13.2. The predicted octanol–water partition coefficient (Wildman–Crippen LogP) is 4.18. The number of rotatable bonds is 6. The van der Waals surface area contributed by atoms with Crippen LogP contribution in [0.15, 0.2) is 36.4 Å². The molecule has 1 unspecified atom stereocenters. The normalized spacial score (nSPS) is 15.3. The molecule has 1 amide bonds. The average molecular weight is 477 g/mol. The van der Waals surface area contributed by atoms with Gasteiger partial charge in [-0.2, -0.15) is 5.26 Å². The number of hydrogen-bond acceptors (Lipinski definition) is 5. The van der Waals surface area contributed by atoms with Gasteiger partial charge in [0.25, 0.3) is 5.91 Å². The molecule has 2 aromatic heterocycles. The third-order valence-electron chi connectivity index (χ3n) is 6.31. The number of hydrogen-bond donors (Lipinski definition) is 4. The molecule has 34 heavy (non-hydrogen) atoms. The second-order valence-electron chi connectivity index (χ2n) is 8.89. The highest BCUT2D eigenvalue weighted by Gasteiger charge is 2.36. The third-order valence-corrected chi connectivity index (χ3v) is 6.68. The third kappa shape index (κ3) is 3.73. The number of amides is 1. The first-order valence-electron chi connectivity index (χ1n) is 11.1. The quantitative estimate of drug-likeness (QED) is 0.312. The number of anilines is 2. The van der Waals surface area contributed by atoms with Gasteiger partial charge in [-0.25, -0.2) is 0 Å². The van der Waals surface area contributed by atoms with E-state index in [2.05, 4.69) is 26.3 Å². The number of aromatic nitrogens is 2. The smallest absolute Gasteiger partial charge is 0.274 e. The molecule has 0 fully saturated rings. The Morgan fingerprint density at radius 2 is 2.12 bits per heavy atom. The van der Waals surface area contributed by atoms with E-state index in [4.69, 9.17) is 11.6 Å². The van der Waals surface area contributed by atoms with Crippen LogP contribution >= 0.6 is 11.6 Å². The molecule has 2 aromatic carbocycles. The number of fused-ring (bicyclic) bond motifs is 4. The molecule has 3 heterocycles. The first kappa shape index (κ1) is 22.1. The van der Waals surface area contributed by atoms with Crippen molar-refractivity contribution in [2.24, 2.45) is 0 Å². The molecular weight excluding hydrogens is 452 g/mol. The number of benzene rings is 2. The molecule has 4 N–H and O–H groups in total. The number of phenols is 1. The second kappa shape index (κ2) is 8.60. The number of nitrogens with zero attached hydrogens (tertiary/aromatic N) is 3. The lowest BCUT2D eigenvalue weighted by atomic mass is 9.99. The fraction of sp³-hybridized carbons (Fsp3) is 0.280. The number of halogens is 1. The Hall–Kier alpha value is -3.67. The Balaban J connectivity index is 1.49. The largest absolute Gasteiger partial charge is 0.506 e. The van der Waals surface area contributed by atoms with Crippen molar-refractivity contribution in [1.29, 1.82) is 5.26 Å². The Bertz CT molecular complexity index is 1450. The summed E-state index contributed by atoms with van der Waals surface area (Å²) in [6.07, 6.45) is 0. The van der Waals surface area contributed by atoms with Crippen molar-refractivity contribution in [3.05, 3.63) is 53.3 Å². The van der Waals surface area contributed by atoms with Crippen LogP contribution in [-0.4, -0.2) is 65.5 Å². The second-order valence-corrected chi connectivity index (χ2v) is 9.20. The van der Waals surface area contributed by atoms with Crippen molar-refractivity contribution in [2.45, 2.75) is 5.92 Å². The predicted molar refractivity (Wildman–Crippen MR) is 135 cm³/mol. The molecule has 5 rings (SSSR count). The van der Waals surface area contributed by atoms with Gasteiger partial charge in [0.05, 0.1) is 11.2 Å². The maximum atomic E-state index is 13.6. The van der Waals surface area contributed by atoms with Crippen LogP contribution in [0.3, 0.4) is 0 Å². The van der Waals surface area contributed by atoms with E-state index in [0.717, 1.165) is 40.6 Å². The average Bonchev–Trinajstić information content (AvgIpc) is 3.52. The first-order chi connectivity index (χ1) is 16.4. The van der Waals surface area contributed by atoms with E-state index in [-0.39, 0.29) is 17.6 Å². The number of H-pyrrole nitrogens is 2. The van der Waals surface area contributed by atoms with Gasteiger partial charge in [-0.05, 0) is 43.9 Å². The highest BCUT2D eigenvalue weighted by atomic mass is 35.5. The van der Waals surface area contributed by atoms with E-state index in [1.54, 1.807) is 17.0 Å². The maximum Gasteiger partial charge on any atom is 0.274 e. The van der Waals surface area contributed by atoms with Gasteiger partial charge in [-0.1, -0.05) is 6.07 Å². The number of phenolic OH excluding ortho intramolecular Hbond substituents is 1. The van der Waals surface area contributed by atoms with Crippen molar-refractivity contribution >= 4 is 50.7 Å². The summed E-state index contributed by atoms with van der Waals surface area (Å²) in [5.41, 5.74) is 4.65. The van der Waals surface area contributed by atoms with E-state index in [0.29, 0.717) is 35.0 Å². The molecule has 1 atom stereocenters. The minimum Gasteiger partial charge on any atom is -0.506 e. The summed E-state index contributed by atoms with van der Waals surface area (Å²) >= 11 is 6.28. The summed E-state index contributed by atoms with van der Waals surface area (Å²) in [5, 5.41) is 24.9. The van der Waals surface area contributed by atoms with Crippen LogP contribution in [0.5, 0.6) is 5.75 Å². The topological polar surface area (TPSA) is 111 Å². The molecule has 1 aliphatic heterocycles. The van der Waals surface area contributed by atoms with Crippen LogP contribution in [0, 0.1) is 11.3 Å². The van der Waals surface area contributed by atoms with Gasteiger partial charge in [0.2, 0.25) is 0 Å². The highest BCUT2D eigenvalue weighted by Crippen LogP contribution is 2.45. The first-order valence-corrected chi connectivity index (χ1v) is 11.6. The molecule has 0 saturated carbocycles. The summed E-state index contributed by atoms with van der Waals surface area (Å²) in [6.45, 7) is 2.13. The molecule has 0 radical (unpaired) electrons. The molecule has 0 aliphatic carbocycles. The van der Waals surface area contributed by atoms with Gasteiger partial charge >= 0.3 is 0 Å². The molecule has 1 aliphatic rings. The van der Waals surface area contributed by atoms with E-state index >= 15 is 0 Å². The number of carbonyl (C=O) groups is 1. The van der Waals surface area contributed by atoms with Gasteiger partial charge in [0.15, 0.2) is 0 Å². The Morgan fingerprint density at radius 3 is 2.85 bits per heavy atom. The van der Waals surface area contributed by atoms with Crippen molar-refractivity contribution in [3.63, 3.8) is 0 Å². The fourth-order valence-electron chi connectivity index (χ4n) is 4.65. The van der Waals surface area contributed by atoms with Crippen LogP contribution in [0.25, 0.3) is 21.8 Å². The lowest BCUT2D eigenvalue weighted by molar-refractivity contribution is 0.0984. The van der Waals surface area contributed by atoms with Gasteiger partial charge in [-0.3, -0.25) is 4.79 Å². The van der Waals surface area contributed by atoms with Gasteiger partial charge in [0, 0.05) is 59.5 Å². The highest BCUT2D eigenvalue weighted by molar-refractivity contribution is 6.19. The number of aromatic amines is 2. The lowest BCUT2D eigenvalue weighted by Gasteiger charge is -2.17. The van der Waals surface area contributed by atoms with Crippen molar-refractivity contribution in [3.8, 4) is 11.8 Å². The number of carbonyl (C=O) groups excluding carboxylic acids is 1. The maximum absolute atomic E-state index is 13.6. The molecule has 0 saturated heterocycles. The standard InChI is InChI=1S/C25H25ClN6O2/c1-31(2)6-5-28-16-4-3-14-7-20(30-19(14)9-16)25(34)32-13-15(11-26)23-18-8-17(12-27)29-24(18)22(33)10-21(23)32/h3-4,7-10,15,28-30,33H,5-6,11,13H2,1-2H3. The molecular formula is C25H25ClN6O2. The zero-order chi connectivity index (χ0) is 24.0. The number of aromatic hydroxyl groups is 1. The van der Waals surface area contributed by atoms with E-state index in [1.165, 1.54) is 0 Å². The molecule has 0 spiro atoms. The molecule has 174 valence electrons. The minimum absolute atomic E-state index is 0.00615. The van der Waals surface area contributed by atoms with Gasteiger partial charge < -0.3 is 30.2 Å². The van der Waals surface area contributed by atoms with Crippen LogP contribution < -0.4 is 10.2 Å². The number of alkyl halides is 1. The van der Waals surface area contributed by atoms with E-state index in [1.807, 2.05) is 38.4 Å². The summed E-state index contributed by atoms with van der Waals surface area (Å²) < 4.78 is 0. The number of nitriles is 1. The zero-order valence-corrected chi connectivity index (χ0v) is 19.7. The molecule has 9 heteroatoms. The summed E-state index contributed by atoms with van der Waals surface area (Å²) in [7, 11) is 4.06. The minimum atomic E-state index is -0.193. The fourth-order valence-corrected chi connectivity index (χ4v) is 4.90. The molecule has 4 aromatic rings. The van der Waals surface area contributed by atoms with Gasteiger partial charge in [-0.15, -0.1) is 11.6 Å².